The second kappa shape index (κ2) is 9.45. The molecule has 0 bridgehead atoms. The third-order valence-corrected chi connectivity index (χ3v) is 6.37. The summed E-state index contributed by atoms with van der Waals surface area (Å²) in [4.78, 5) is 23.2. The van der Waals surface area contributed by atoms with Crippen LogP contribution in [0.15, 0.2) is 41.3 Å². The molecule has 0 unspecified atom stereocenters. The molecule has 0 aliphatic carbocycles. The predicted octanol–water partition coefficient (Wildman–Crippen LogP) is 3.40. The van der Waals surface area contributed by atoms with Gasteiger partial charge in [-0.2, -0.15) is 0 Å². The summed E-state index contributed by atoms with van der Waals surface area (Å²) >= 11 is 0. The van der Waals surface area contributed by atoms with E-state index in [0.29, 0.717) is 0 Å². The van der Waals surface area contributed by atoms with Crippen LogP contribution in [0.25, 0.3) is 0 Å². The van der Waals surface area contributed by atoms with E-state index < -0.39 is 39.5 Å². The highest BCUT2D eigenvalue weighted by atomic mass is 32.2. The molecule has 9 nitrogen and oxygen atoms in total. The Kier molecular flexibility index (Phi) is 7.01. The molecule has 184 valence electrons. The van der Waals surface area contributed by atoms with Crippen molar-refractivity contribution in [2.24, 2.45) is 0 Å². The van der Waals surface area contributed by atoms with E-state index in [1.54, 1.807) is 20.8 Å². The van der Waals surface area contributed by atoms with Crippen LogP contribution in [0.1, 0.15) is 27.7 Å². The molecule has 0 radical (unpaired) electrons. The van der Waals surface area contributed by atoms with Crippen molar-refractivity contribution in [1.82, 2.24) is 5.32 Å². The number of hydrogen-bond donors (Lipinski definition) is 2. The lowest BCUT2D eigenvalue weighted by Crippen LogP contribution is -2.48. The third-order valence-electron chi connectivity index (χ3n) is 4.57. The zero-order chi connectivity index (χ0) is 25.3. The number of carbonyl (C=O) groups is 2. The van der Waals surface area contributed by atoms with Crippen LogP contribution < -0.4 is 19.7 Å². The fourth-order valence-electron chi connectivity index (χ4n) is 3.19. The number of rotatable bonds is 5. The second-order valence-corrected chi connectivity index (χ2v) is 10.5. The number of ether oxygens (including phenoxy) is 2. The number of sulfonamides is 1. The maximum Gasteiger partial charge on any atom is 0.412 e. The minimum Gasteiger partial charge on any atom is -0.481 e. The molecule has 2 N–H and O–H groups in total. The van der Waals surface area contributed by atoms with E-state index >= 15 is 4.39 Å². The Labute approximate surface area is 196 Å². The van der Waals surface area contributed by atoms with Crippen molar-refractivity contribution in [3.05, 3.63) is 48.0 Å². The summed E-state index contributed by atoms with van der Waals surface area (Å²) < 4.78 is 66.9. The van der Waals surface area contributed by atoms with Crippen LogP contribution in [0.5, 0.6) is 5.75 Å². The van der Waals surface area contributed by atoms with Crippen LogP contribution >= 0.6 is 0 Å². The minimum atomic E-state index is -4.29. The lowest BCUT2D eigenvalue weighted by atomic mass is 10.2. The molecule has 1 aliphatic rings. The van der Waals surface area contributed by atoms with Gasteiger partial charge >= 0.3 is 6.09 Å². The molecule has 3 rings (SSSR count). The van der Waals surface area contributed by atoms with Gasteiger partial charge < -0.3 is 14.8 Å². The summed E-state index contributed by atoms with van der Waals surface area (Å²) in [6, 6.07) is 6.35. The first-order valence-corrected chi connectivity index (χ1v) is 11.7. The number of carbonyl (C=O) groups excluding carboxylic acids is 2. The molecule has 1 heterocycles. The third kappa shape index (κ3) is 5.93. The Morgan fingerprint density at radius 1 is 1.18 bits per heavy atom. The van der Waals surface area contributed by atoms with Gasteiger partial charge in [0, 0.05) is 18.7 Å². The summed E-state index contributed by atoms with van der Waals surface area (Å²) in [7, 11) is -4.29. The number of nitrogens with zero attached hydrogens (tertiary/aromatic N) is 1. The average Bonchev–Trinajstić information content (AvgIpc) is 2.71. The van der Waals surface area contributed by atoms with Crippen LogP contribution in [-0.2, 0) is 19.6 Å². The van der Waals surface area contributed by atoms with E-state index in [2.05, 4.69) is 10.6 Å². The second-order valence-electron chi connectivity index (χ2n) is 8.60. The maximum absolute atomic E-state index is 15.0. The van der Waals surface area contributed by atoms with Crippen LogP contribution in [-0.4, -0.2) is 45.2 Å². The average molecular weight is 498 g/mol. The molecule has 1 atom stereocenters. The smallest absolute Gasteiger partial charge is 0.412 e. The molecule has 2 aromatic carbocycles. The number of halogens is 2. The van der Waals surface area contributed by atoms with E-state index in [4.69, 9.17) is 9.47 Å². The molecule has 0 fully saturated rings. The van der Waals surface area contributed by atoms with Crippen molar-refractivity contribution in [2.75, 3.05) is 22.7 Å². The first-order chi connectivity index (χ1) is 15.8. The van der Waals surface area contributed by atoms with Gasteiger partial charge in [-0.05, 0) is 51.1 Å². The van der Waals surface area contributed by atoms with E-state index in [-0.39, 0.29) is 41.0 Å². The van der Waals surface area contributed by atoms with E-state index in [0.717, 1.165) is 34.6 Å². The van der Waals surface area contributed by atoms with Crippen LogP contribution in [0, 0.1) is 11.6 Å². The van der Waals surface area contributed by atoms with Crippen molar-refractivity contribution >= 4 is 33.4 Å². The molecule has 0 saturated carbocycles. The number of nitrogens with one attached hydrogen (secondary N) is 2. The van der Waals surface area contributed by atoms with E-state index in [1.807, 2.05) is 0 Å². The first-order valence-electron chi connectivity index (χ1n) is 10.3. The molecule has 1 aliphatic heterocycles. The lowest BCUT2D eigenvalue weighted by Gasteiger charge is -2.36. The highest BCUT2D eigenvalue weighted by Crippen LogP contribution is 2.41. The van der Waals surface area contributed by atoms with Crippen LogP contribution in [0.3, 0.4) is 0 Å². The largest absolute Gasteiger partial charge is 0.481 e. The summed E-state index contributed by atoms with van der Waals surface area (Å²) in [6.07, 6.45) is -1.77. The van der Waals surface area contributed by atoms with Gasteiger partial charge in [-0.15, -0.1) is 0 Å². The lowest BCUT2D eigenvalue weighted by molar-refractivity contribution is -0.119. The summed E-state index contributed by atoms with van der Waals surface area (Å²) in [6.45, 7) is 5.88. The van der Waals surface area contributed by atoms with Gasteiger partial charge in [0.05, 0.1) is 23.7 Å². The normalized spacial score (nSPS) is 15.7. The fourth-order valence-corrected chi connectivity index (χ4v) is 4.68. The van der Waals surface area contributed by atoms with Crippen LogP contribution in [0.4, 0.5) is 25.0 Å². The summed E-state index contributed by atoms with van der Waals surface area (Å²) in [5.74, 6) is -2.31. The SMILES string of the molecule is CC(=O)NC[C@H]1CN(S(=O)(=O)c2ccc(F)cc2)c2cc(NC(=O)OC(C)(C)C)cc(F)c2O1. The molecule has 0 spiro atoms. The number of benzene rings is 2. The Balaban J connectivity index is 2.04. The molecule has 34 heavy (non-hydrogen) atoms. The zero-order valence-corrected chi connectivity index (χ0v) is 19.8. The fraction of sp³-hybridized carbons (Fsp3) is 0.364. The quantitative estimate of drug-likeness (QED) is 0.655. The number of fused-ring (bicyclic) bond motifs is 1. The standard InChI is InChI=1S/C22H25F2N3O6S/c1-13(28)25-11-16-12-27(34(30,31)17-7-5-14(23)6-8-17)19-10-15(9-18(24)20(19)32-16)26-21(29)33-22(2,3)4/h5-10,16H,11-12H2,1-4H3,(H,25,28)(H,26,29)/t16-/m0/s1. The summed E-state index contributed by atoms with van der Waals surface area (Å²) in [5.41, 5.74) is -1.04. The molecular weight excluding hydrogens is 472 g/mol. The van der Waals surface area contributed by atoms with Crippen molar-refractivity contribution in [3.8, 4) is 5.75 Å². The zero-order valence-electron chi connectivity index (χ0n) is 19.0. The topological polar surface area (TPSA) is 114 Å². The van der Waals surface area contributed by atoms with E-state index in [9.17, 15) is 22.4 Å². The van der Waals surface area contributed by atoms with Gasteiger partial charge in [0.25, 0.3) is 10.0 Å². The highest BCUT2D eigenvalue weighted by Gasteiger charge is 2.37. The molecule has 12 heteroatoms. The molecule has 2 aromatic rings. The molecule has 0 saturated heterocycles. The number of amides is 2. The molecule has 2 amide bonds. The van der Waals surface area contributed by atoms with Gasteiger partial charge in [-0.25, -0.2) is 22.0 Å². The Hall–Kier alpha value is -3.41. The van der Waals surface area contributed by atoms with Gasteiger partial charge in [0.2, 0.25) is 5.91 Å². The van der Waals surface area contributed by atoms with Crippen molar-refractivity contribution in [2.45, 2.75) is 44.3 Å². The minimum absolute atomic E-state index is 0.0614. The predicted molar refractivity (Wildman–Crippen MR) is 120 cm³/mol. The van der Waals surface area contributed by atoms with Gasteiger partial charge in [0.1, 0.15) is 17.5 Å². The first kappa shape index (κ1) is 25.2. The van der Waals surface area contributed by atoms with Crippen molar-refractivity contribution in [1.29, 1.82) is 0 Å². The van der Waals surface area contributed by atoms with Crippen molar-refractivity contribution < 1.29 is 36.3 Å². The van der Waals surface area contributed by atoms with Crippen LogP contribution in [0.2, 0.25) is 0 Å². The van der Waals surface area contributed by atoms with Crippen molar-refractivity contribution in [3.63, 3.8) is 0 Å². The highest BCUT2D eigenvalue weighted by molar-refractivity contribution is 7.92. The summed E-state index contributed by atoms with van der Waals surface area (Å²) in [5, 5.41) is 4.89. The molecule has 0 aromatic heterocycles. The van der Waals surface area contributed by atoms with Gasteiger partial charge in [0.15, 0.2) is 11.6 Å². The Bertz CT molecular complexity index is 1200. The monoisotopic (exact) mass is 497 g/mol. The van der Waals surface area contributed by atoms with Gasteiger partial charge in [-0.1, -0.05) is 0 Å². The van der Waals surface area contributed by atoms with E-state index in [1.165, 1.54) is 13.0 Å². The maximum atomic E-state index is 15.0. The molecular formula is C22H25F2N3O6S. The number of anilines is 2. The van der Waals surface area contributed by atoms with Gasteiger partial charge in [-0.3, -0.25) is 14.4 Å². The Morgan fingerprint density at radius 3 is 2.41 bits per heavy atom. The number of hydrogen-bond acceptors (Lipinski definition) is 6. The Morgan fingerprint density at radius 2 is 1.82 bits per heavy atom.